The van der Waals surface area contributed by atoms with E-state index in [0.29, 0.717) is 37.5 Å². The van der Waals surface area contributed by atoms with Crippen molar-refractivity contribution in [1.29, 1.82) is 0 Å². The Morgan fingerprint density at radius 1 is 1.19 bits per heavy atom. The molecule has 1 aliphatic heterocycles. The van der Waals surface area contributed by atoms with E-state index < -0.39 is 16.8 Å². The van der Waals surface area contributed by atoms with Crippen LogP contribution in [0.3, 0.4) is 0 Å². The van der Waals surface area contributed by atoms with E-state index in [4.69, 9.17) is 4.52 Å². The van der Waals surface area contributed by atoms with E-state index in [0.717, 1.165) is 32.1 Å². The first-order valence-corrected chi connectivity index (χ1v) is 9.79. The highest BCUT2D eigenvalue weighted by Gasteiger charge is 2.78. The Morgan fingerprint density at radius 2 is 1.96 bits per heavy atom. The van der Waals surface area contributed by atoms with Crippen molar-refractivity contribution in [2.45, 2.75) is 77.2 Å². The summed E-state index contributed by atoms with van der Waals surface area (Å²) in [6, 6.07) is -0.205. The Balaban J connectivity index is 1.64. The van der Waals surface area contributed by atoms with E-state index in [1.165, 1.54) is 0 Å². The van der Waals surface area contributed by atoms with Gasteiger partial charge in [0, 0.05) is 12.5 Å². The lowest BCUT2D eigenvalue weighted by Gasteiger charge is -2.31. The molecule has 1 N–H and O–H groups in total. The number of aromatic nitrogens is 2. The largest absolute Gasteiger partial charge is 0.481 e. The minimum Gasteiger partial charge on any atom is -0.481 e. The van der Waals surface area contributed by atoms with Crippen LogP contribution in [0.5, 0.6) is 0 Å². The second-order valence-electron chi connectivity index (χ2n) is 8.51. The highest BCUT2D eigenvalue weighted by atomic mass is 16.5. The maximum Gasteiger partial charge on any atom is 0.310 e. The van der Waals surface area contributed by atoms with Crippen LogP contribution in [0.25, 0.3) is 0 Å². The van der Waals surface area contributed by atoms with Crippen molar-refractivity contribution >= 4 is 11.9 Å². The number of aliphatic carboxylic acids is 1. The molecule has 1 amide bonds. The standard InChI is InChI=1S/C19H27N3O4/c1-12(2)15-20-14(21-26-15)13-7-4-3-5-10-22(13)16(23)18-8-6-9-19(18,11-18)17(24)25/h12-13H,3-11H2,1-2H3,(H,24,25)/t13?,18-,19+/m0/s1. The van der Waals surface area contributed by atoms with Crippen molar-refractivity contribution in [2.24, 2.45) is 10.8 Å². The molecule has 2 aliphatic carbocycles. The molecule has 4 rings (SSSR count). The lowest BCUT2D eigenvalue weighted by molar-refractivity contribution is -0.150. The molecule has 1 aromatic rings. The summed E-state index contributed by atoms with van der Waals surface area (Å²) in [6.45, 7) is 4.64. The molecule has 7 nitrogen and oxygen atoms in total. The molecule has 2 saturated carbocycles. The van der Waals surface area contributed by atoms with Gasteiger partial charge in [-0.2, -0.15) is 4.98 Å². The Bertz CT molecular complexity index is 730. The molecule has 1 aromatic heterocycles. The van der Waals surface area contributed by atoms with Crippen LogP contribution in [0.1, 0.15) is 88.9 Å². The number of carbonyl (C=O) groups excluding carboxylic acids is 1. The SMILES string of the molecule is CC(C)c1nc(C2CCCCCN2C(=O)[C@@]23CCC[C@]2(C(=O)O)C3)no1. The van der Waals surface area contributed by atoms with E-state index in [1.807, 2.05) is 18.7 Å². The van der Waals surface area contributed by atoms with Crippen molar-refractivity contribution in [2.75, 3.05) is 6.54 Å². The molecule has 0 radical (unpaired) electrons. The summed E-state index contributed by atoms with van der Waals surface area (Å²) in [7, 11) is 0. The van der Waals surface area contributed by atoms with Crippen LogP contribution in [0, 0.1) is 10.8 Å². The fraction of sp³-hybridized carbons (Fsp3) is 0.789. The summed E-state index contributed by atoms with van der Waals surface area (Å²) in [5.41, 5.74) is -1.53. The fourth-order valence-electron chi connectivity index (χ4n) is 5.10. The molecule has 2 heterocycles. The van der Waals surface area contributed by atoms with Crippen molar-refractivity contribution in [1.82, 2.24) is 15.0 Å². The quantitative estimate of drug-likeness (QED) is 0.884. The van der Waals surface area contributed by atoms with Gasteiger partial charge in [0.1, 0.15) is 0 Å². The monoisotopic (exact) mass is 361 g/mol. The summed E-state index contributed by atoms with van der Waals surface area (Å²) in [4.78, 5) is 31.8. The van der Waals surface area contributed by atoms with Gasteiger partial charge < -0.3 is 14.5 Å². The molecular weight excluding hydrogens is 334 g/mol. The number of fused-ring (bicyclic) bond motifs is 1. The molecule has 1 unspecified atom stereocenters. The molecule has 3 fully saturated rings. The summed E-state index contributed by atoms with van der Waals surface area (Å²) in [5.74, 6) is 0.487. The topological polar surface area (TPSA) is 96.5 Å². The normalized spacial score (nSPS) is 33.8. The molecule has 142 valence electrons. The number of carbonyl (C=O) groups is 2. The van der Waals surface area contributed by atoms with Gasteiger partial charge in [0.15, 0.2) is 5.82 Å². The van der Waals surface area contributed by atoms with E-state index in [-0.39, 0.29) is 17.9 Å². The van der Waals surface area contributed by atoms with Gasteiger partial charge in [-0.25, -0.2) is 0 Å². The minimum atomic E-state index is -0.832. The third-order valence-corrected chi connectivity index (χ3v) is 6.68. The number of hydrogen-bond donors (Lipinski definition) is 1. The first-order valence-electron chi connectivity index (χ1n) is 9.79. The average Bonchev–Trinajstić information content (AvgIpc) is 2.91. The summed E-state index contributed by atoms with van der Waals surface area (Å²) in [5, 5.41) is 13.9. The second kappa shape index (κ2) is 6.06. The third kappa shape index (κ3) is 2.39. The number of carboxylic acid groups (broad SMARTS) is 1. The molecule has 3 atom stereocenters. The van der Waals surface area contributed by atoms with Crippen molar-refractivity contribution in [3.05, 3.63) is 11.7 Å². The molecule has 1 saturated heterocycles. The van der Waals surface area contributed by atoms with Crippen LogP contribution >= 0.6 is 0 Å². The molecule has 0 spiro atoms. The number of nitrogens with zero attached hydrogens (tertiary/aromatic N) is 3. The minimum absolute atomic E-state index is 0.000182. The van der Waals surface area contributed by atoms with Gasteiger partial charge in [-0.15, -0.1) is 0 Å². The predicted octanol–water partition coefficient (Wildman–Crippen LogP) is 3.28. The van der Waals surface area contributed by atoms with Gasteiger partial charge in [-0.1, -0.05) is 38.3 Å². The van der Waals surface area contributed by atoms with Gasteiger partial charge in [-0.3, -0.25) is 9.59 Å². The highest BCUT2D eigenvalue weighted by molar-refractivity contribution is 5.97. The van der Waals surface area contributed by atoms with E-state index >= 15 is 0 Å². The van der Waals surface area contributed by atoms with Crippen molar-refractivity contribution in [3.63, 3.8) is 0 Å². The number of carboxylic acids is 1. The Labute approximate surface area is 153 Å². The van der Waals surface area contributed by atoms with Crippen LogP contribution in [0.15, 0.2) is 4.52 Å². The van der Waals surface area contributed by atoms with E-state index in [9.17, 15) is 14.7 Å². The number of hydrogen-bond acceptors (Lipinski definition) is 5. The lowest BCUT2D eigenvalue weighted by Crippen LogP contribution is -2.42. The molecule has 26 heavy (non-hydrogen) atoms. The average molecular weight is 361 g/mol. The Hall–Kier alpha value is -1.92. The zero-order valence-electron chi connectivity index (χ0n) is 15.5. The summed E-state index contributed by atoms with van der Waals surface area (Å²) >= 11 is 0. The van der Waals surface area contributed by atoms with Crippen LogP contribution in [0.2, 0.25) is 0 Å². The molecular formula is C19H27N3O4. The molecule has 0 aromatic carbocycles. The van der Waals surface area contributed by atoms with Gasteiger partial charge in [0.2, 0.25) is 11.8 Å². The van der Waals surface area contributed by atoms with Gasteiger partial charge in [0.05, 0.1) is 16.9 Å². The Morgan fingerprint density at radius 3 is 2.62 bits per heavy atom. The van der Waals surface area contributed by atoms with Gasteiger partial charge >= 0.3 is 5.97 Å². The predicted molar refractivity (Wildman–Crippen MR) is 92.3 cm³/mol. The fourth-order valence-corrected chi connectivity index (χ4v) is 5.10. The summed E-state index contributed by atoms with van der Waals surface area (Å²) < 4.78 is 5.37. The molecule has 7 heteroatoms. The molecule has 3 aliphatic rings. The first-order chi connectivity index (χ1) is 12.4. The third-order valence-electron chi connectivity index (χ3n) is 6.68. The lowest BCUT2D eigenvalue weighted by atomic mass is 9.93. The van der Waals surface area contributed by atoms with Crippen LogP contribution in [-0.2, 0) is 9.59 Å². The second-order valence-corrected chi connectivity index (χ2v) is 8.51. The number of rotatable bonds is 4. The zero-order chi connectivity index (χ0) is 18.5. The van der Waals surface area contributed by atoms with Crippen LogP contribution in [0.4, 0.5) is 0 Å². The molecule has 0 bridgehead atoms. The van der Waals surface area contributed by atoms with E-state index in [2.05, 4.69) is 10.1 Å². The van der Waals surface area contributed by atoms with Crippen LogP contribution < -0.4 is 0 Å². The maximum absolute atomic E-state index is 13.5. The smallest absolute Gasteiger partial charge is 0.310 e. The Kier molecular flexibility index (Phi) is 4.08. The number of amides is 1. The van der Waals surface area contributed by atoms with Crippen LogP contribution in [-0.4, -0.2) is 38.6 Å². The zero-order valence-corrected chi connectivity index (χ0v) is 15.5. The highest BCUT2D eigenvalue weighted by Crippen LogP contribution is 2.74. The summed E-state index contributed by atoms with van der Waals surface area (Å²) in [6.07, 6.45) is 6.42. The van der Waals surface area contributed by atoms with E-state index in [1.54, 1.807) is 0 Å². The van der Waals surface area contributed by atoms with Gasteiger partial charge in [0.25, 0.3) is 0 Å². The van der Waals surface area contributed by atoms with Crippen molar-refractivity contribution < 1.29 is 19.2 Å². The van der Waals surface area contributed by atoms with Crippen molar-refractivity contribution in [3.8, 4) is 0 Å². The number of likely N-dealkylation sites (tertiary alicyclic amines) is 1. The maximum atomic E-state index is 13.5. The first kappa shape index (κ1) is 17.5. The van der Waals surface area contributed by atoms with Gasteiger partial charge in [-0.05, 0) is 32.1 Å².